The molecule has 1 unspecified atom stereocenters. The van der Waals surface area contributed by atoms with Gasteiger partial charge in [0.1, 0.15) is 5.52 Å². The molecule has 30 heavy (non-hydrogen) atoms. The van der Waals surface area contributed by atoms with Gasteiger partial charge in [0, 0.05) is 26.1 Å². The molecule has 1 aromatic heterocycles. The van der Waals surface area contributed by atoms with Gasteiger partial charge in [-0.1, -0.05) is 47.7 Å². The summed E-state index contributed by atoms with van der Waals surface area (Å²) >= 11 is 0. The lowest BCUT2D eigenvalue weighted by Gasteiger charge is -2.32. The van der Waals surface area contributed by atoms with E-state index in [0.717, 1.165) is 23.9 Å². The number of nitrogens with zero attached hydrogens (tertiary/aromatic N) is 4. The highest BCUT2D eigenvalue weighted by atomic mass is 16.2. The Morgan fingerprint density at radius 2 is 1.87 bits per heavy atom. The number of aryl methyl sites for hydroxylation is 1. The summed E-state index contributed by atoms with van der Waals surface area (Å²) in [5.74, 6) is 0.0214. The van der Waals surface area contributed by atoms with Gasteiger partial charge in [0.15, 0.2) is 0 Å². The predicted octanol–water partition coefficient (Wildman–Crippen LogP) is 2.42. The summed E-state index contributed by atoms with van der Waals surface area (Å²) in [5, 5.41) is 11.3. The van der Waals surface area contributed by atoms with E-state index in [0.29, 0.717) is 39.0 Å². The van der Waals surface area contributed by atoms with Crippen molar-refractivity contribution in [2.75, 3.05) is 19.6 Å². The Bertz CT molecular complexity index is 1000. The largest absolute Gasteiger partial charge is 0.354 e. The zero-order valence-electron chi connectivity index (χ0n) is 17.0. The minimum atomic E-state index is -0.146. The summed E-state index contributed by atoms with van der Waals surface area (Å²) in [7, 11) is 0. The number of piperidine rings is 1. The SMILES string of the molecule is O=C(NCCn1nnc2ccccc21)C1CCC(=O)N(CCCc2ccccc2)C1. The molecule has 2 aromatic carbocycles. The topological polar surface area (TPSA) is 80.1 Å². The zero-order valence-corrected chi connectivity index (χ0v) is 17.0. The fourth-order valence-corrected chi connectivity index (χ4v) is 3.98. The molecule has 156 valence electrons. The maximum atomic E-state index is 12.6. The van der Waals surface area contributed by atoms with Crippen molar-refractivity contribution in [1.29, 1.82) is 0 Å². The van der Waals surface area contributed by atoms with E-state index in [2.05, 4.69) is 27.8 Å². The first-order valence-corrected chi connectivity index (χ1v) is 10.6. The minimum Gasteiger partial charge on any atom is -0.354 e. The van der Waals surface area contributed by atoms with Crippen molar-refractivity contribution < 1.29 is 9.59 Å². The van der Waals surface area contributed by atoms with Crippen LogP contribution >= 0.6 is 0 Å². The van der Waals surface area contributed by atoms with Crippen molar-refractivity contribution in [3.8, 4) is 0 Å². The van der Waals surface area contributed by atoms with Crippen molar-refractivity contribution in [2.45, 2.75) is 32.2 Å². The molecule has 7 heteroatoms. The van der Waals surface area contributed by atoms with Gasteiger partial charge >= 0.3 is 0 Å². The third-order valence-electron chi connectivity index (χ3n) is 5.65. The van der Waals surface area contributed by atoms with E-state index in [1.807, 2.05) is 47.4 Å². The summed E-state index contributed by atoms with van der Waals surface area (Å²) < 4.78 is 1.80. The standard InChI is InChI=1S/C23H27N5O2/c29-22-13-12-19(17-27(22)15-6-9-18-7-2-1-3-8-18)23(30)24-14-16-28-21-11-5-4-10-20(21)25-26-28/h1-5,7-8,10-11,19H,6,9,12-17H2,(H,24,30). The first kappa shape index (κ1) is 20.1. The average molecular weight is 406 g/mol. The number of nitrogens with one attached hydrogen (secondary N) is 1. The number of rotatable bonds is 8. The quantitative estimate of drug-likeness (QED) is 0.624. The van der Waals surface area contributed by atoms with Crippen molar-refractivity contribution in [3.63, 3.8) is 0 Å². The Labute approximate surface area is 176 Å². The van der Waals surface area contributed by atoms with Crippen LogP contribution in [0.4, 0.5) is 0 Å². The second-order valence-corrected chi connectivity index (χ2v) is 7.76. The van der Waals surface area contributed by atoms with Gasteiger partial charge < -0.3 is 10.2 Å². The molecule has 1 fully saturated rings. The summed E-state index contributed by atoms with van der Waals surface area (Å²) in [4.78, 5) is 26.8. The molecule has 1 aliphatic heterocycles. The molecule has 1 atom stereocenters. The number of benzene rings is 2. The molecule has 0 bridgehead atoms. The minimum absolute atomic E-state index is 0.0139. The van der Waals surface area contributed by atoms with Crippen LogP contribution in [0.5, 0.6) is 0 Å². The fourth-order valence-electron chi connectivity index (χ4n) is 3.98. The van der Waals surface area contributed by atoms with Crippen LogP contribution in [0.2, 0.25) is 0 Å². The number of likely N-dealkylation sites (tertiary alicyclic amines) is 1. The van der Waals surface area contributed by atoms with E-state index in [9.17, 15) is 9.59 Å². The molecule has 0 radical (unpaired) electrons. The maximum Gasteiger partial charge on any atom is 0.224 e. The number of carbonyl (C=O) groups excluding carboxylic acids is 2. The highest BCUT2D eigenvalue weighted by Crippen LogP contribution is 2.18. The maximum absolute atomic E-state index is 12.6. The Morgan fingerprint density at radius 1 is 1.07 bits per heavy atom. The van der Waals surface area contributed by atoms with Gasteiger partial charge in [0.05, 0.1) is 18.0 Å². The lowest BCUT2D eigenvalue weighted by Crippen LogP contribution is -2.46. The summed E-state index contributed by atoms with van der Waals surface area (Å²) in [6, 6.07) is 18.0. The molecule has 1 N–H and O–H groups in total. The van der Waals surface area contributed by atoms with Crippen LogP contribution in [0.3, 0.4) is 0 Å². The Hall–Kier alpha value is -3.22. The first-order chi connectivity index (χ1) is 14.7. The van der Waals surface area contributed by atoms with Crippen LogP contribution in [0, 0.1) is 5.92 Å². The van der Waals surface area contributed by atoms with Crippen molar-refractivity contribution in [3.05, 3.63) is 60.2 Å². The molecule has 1 aliphatic rings. The number of carbonyl (C=O) groups is 2. The van der Waals surface area contributed by atoms with E-state index in [4.69, 9.17) is 0 Å². The predicted molar refractivity (Wildman–Crippen MR) is 115 cm³/mol. The van der Waals surface area contributed by atoms with E-state index in [1.54, 1.807) is 4.68 Å². The third kappa shape index (κ3) is 4.84. The van der Waals surface area contributed by atoms with Gasteiger partial charge in [-0.15, -0.1) is 5.10 Å². The van der Waals surface area contributed by atoms with E-state index < -0.39 is 0 Å². The second-order valence-electron chi connectivity index (χ2n) is 7.76. The Kier molecular flexibility index (Phi) is 6.37. The number of amides is 2. The highest BCUT2D eigenvalue weighted by Gasteiger charge is 2.29. The van der Waals surface area contributed by atoms with E-state index >= 15 is 0 Å². The average Bonchev–Trinajstić information content (AvgIpc) is 3.19. The van der Waals surface area contributed by atoms with Gasteiger partial charge in [-0.25, -0.2) is 4.68 Å². The van der Waals surface area contributed by atoms with Crippen molar-refractivity contribution in [1.82, 2.24) is 25.2 Å². The third-order valence-corrected chi connectivity index (χ3v) is 5.65. The van der Waals surface area contributed by atoms with Gasteiger partial charge in [0.2, 0.25) is 11.8 Å². The number of fused-ring (bicyclic) bond motifs is 1. The van der Waals surface area contributed by atoms with Crippen LogP contribution in [0.15, 0.2) is 54.6 Å². The van der Waals surface area contributed by atoms with Crippen LogP contribution in [-0.2, 0) is 22.6 Å². The fraction of sp³-hybridized carbons (Fsp3) is 0.391. The van der Waals surface area contributed by atoms with Crippen LogP contribution in [-0.4, -0.2) is 51.3 Å². The van der Waals surface area contributed by atoms with Crippen LogP contribution in [0.25, 0.3) is 11.0 Å². The van der Waals surface area contributed by atoms with Crippen LogP contribution < -0.4 is 5.32 Å². The molecule has 2 heterocycles. The molecule has 2 amide bonds. The number of hydrogen-bond acceptors (Lipinski definition) is 4. The summed E-state index contributed by atoms with van der Waals surface area (Å²) in [5.41, 5.74) is 3.08. The second kappa shape index (κ2) is 9.52. The molecule has 0 aliphatic carbocycles. The molecule has 0 spiro atoms. The molecular formula is C23H27N5O2. The van der Waals surface area contributed by atoms with Gasteiger partial charge in [-0.05, 0) is 37.0 Å². The van der Waals surface area contributed by atoms with Gasteiger partial charge in [-0.3, -0.25) is 9.59 Å². The lowest BCUT2D eigenvalue weighted by molar-refractivity contribution is -0.138. The molecule has 4 rings (SSSR count). The normalized spacial score (nSPS) is 16.7. The highest BCUT2D eigenvalue weighted by molar-refractivity contribution is 5.83. The summed E-state index contributed by atoms with van der Waals surface area (Å²) in [6.07, 6.45) is 2.90. The van der Waals surface area contributed by atoms with E-state index in [1.165, 1.54) is 5.56 Å². The lowest BCUT2D eigenvalue weighted by atomic mass is 9.96. The van der Waals surface area contributed by atoms with Crippen molar-refractivity contribution >= 4 is 22.8 Å². The van der Waals surface area contributed by atoms with E-state index in [-0.39, 0.29) is 17.7 Å². The monoisotopic (exact) mass is 405 g/mol. The molecule has 3 aromatic rings. The van der Waals surface area contributed by atoms with Crippen LogP contribution in [0.1, 0.15) is 24.8 Å². The van der Waals surface area contributed by atoms with Gasteiger partial charge in [0.25, 0.3) is 0 Å². The first-order valence-electron chi connectivity index (χ1n) is 10.6. The Balaban J connectivity index is 1.24. The number of hydrogen-bond donors (Lipinski definition) is 1. The smallest absolute Gasteiger partial charge is 0.224 e. The number of aromatic nitrogens is 3. The Morgan fingerprint density at radius 3 is 2.73 bits per heavy atom. The molecule has 1 saturated heterocycles. The number of para-hydroxylation sites is 1. The zero-order chi connectivity index (χ0) is 20.8. The molecular weight excluding hydrogens is 378 g/mol. The summed E-state index contributed by atoms with van der Waals surface area (Å²) in [6.45, 7) is 2.26. The van der Waals surface area contributed by atoms with Crippen molar-refractivity contribution in [2.24, 2.45) is 5.92 Å². The van der Waals surface area contributed by atoms with Gasteiger partial charge in [-0.2, -0.15) is 0 Å². The molecule has 0 saturated carbocycles. The molecule has 7 nitrogen and oxygen atoms in total.